The SMILES string of the molecule is C#CCNS(=O)(=O)c1cc(OC)c(OC)cc1C. The molecule has 0 saturated carbocycles. The maximum absolute atomic E-state index is 12.0. The maximum Gasteiger partial charge on any atom is 0.241 e. The van der Waals surface area contributed by atoms with Gasteiger partial charge in [0.15, 0.2) is 11.5 Å². The Bertz CT molecular complexity index is 572. The Kier molecular flexibility index (Phi) is 4.59. The van der Waals surface area contributed by atoms with Gasteiger partial charge in [0.25, 0.3) is 0 Å². The van der Waals surface area contributed by atoms with Gasteiger partial charge in [0.2, 0.25) is 10.0 Å². The molecule has 5 nitrogen and oxygen atoms in total. The highest BCUT2D eigenvalue weighted by molar-refractivity contribution is 7.89. The molecule has 98 valence electrons. The first-order valence-electron chi connectivity index (χ1n) is 5.12. The Balaban J connectivity index is 3.30. The van der Waals surface area contributed by atoms with Crippen molar-refractivity contribution in [3.63, 3.8) is 0 Å². The standard InChI is InChI=1S/C12H15NO4S/c1-5-6-13-18(14,15)12-8-11(17-4)10(16-3)7-9(12)2/h1,7-8,13H,6H2,2-4H3. The van der Waals surface area contributed by atoms with Crippen molar-refractivity contribution in [3.05, 3.63) is 17.7 Å². The van der Waals surface area contributed by atoms with E-state index < -0.39 is 10.0 Å². The molecular formula is C12H15NO4S. The van der Waals surface area contributed by atoms with Crippen molar-refractivity contribution in [1.29, 1.82) is 0 Å². The number of terminal acetylenes is 1. The van der Waals surface area contributed by atoms with Crippen LogP contribution in [0.4, 0.5) is 0 Å². The molecule has 1 aromatic carbocycles. The highest BCUT2D eigenvalue weighted by Gasteiger charge is 2.19. The van der Waals surface area contributed by atoms with Crippen LogP contribution in [0.3, 0.4) is 0 Å². The zero-order valence-electron chi connectivity index (χ0n) is 10.5. The predicted molar refractivity (Wildman–Crippen MR) is 68.3 cm³/mol. The van der Waals surface area contributed by atoms with Gasteiger partial charge in [0, 0.05) is 6.07 Å². The van der Waals surface area contributed by atoms with Crippen LogP contribution in [-0.4, -0.2) is 29.2 Å². The zero-order valence-corrected chi connectivity index (χ0v) is 11.3. The molecular weight excluding hydrogens is 254 g/mol. The third-order valence-electron chi connectivity index (χ3n) is 2.33. The molecule has 0 aliphatic heterocycles. The molecule has 0 aromatic heterocycles. The van der Waals surface area contributed by atoms with E-state index in [2.05, 4.69) is 10.6 Å². The molecule has 0 amide bonds. The lowest BCUT2D eigenvalue weighted by Crippen LogP contribution is -2.24. The molecule has 0 heterocycles. The molecule has 0 saturated heterocycles. The van der Waals surface area contributed by atoms with Crippen molar-refractivity contribution < 1.29 is 17.9 Å². The fourth-order valence-corrected chi connectivity index (χ4v) is 2.64. The lowest BCUT2D eigenvalue weighted by molar-refractivity contribution is 0.353. The number of hydrogen-bond donors (Lipinski definition) is 1. The first kappa shape index (κ1) is 14.4. The van der Waals surface area contributed by atoms with Gasteiger partial charge in [-0.1, -0.05) is 5.92 Å². The second kappa shape index (κ2) is 5.76. The van der Waals surface area contributed by atoms with E-state index in [4.69, 9.17) is 15.9 Å². The third-order valence-corrected chi connectivity index (χ3v) is 3.88. The summed E-state index contributed by atoms with van der Waals surface area (Å²) in [5.41, 5.74) is 0.553. The quantitative estimate of drug-likeness (QED) is 0.807. The largest absolute Gasteiger partial charge is 0.493 e. The average Bonchev–Trinajstić information content (AvgIpc) is 2.35. The Morgan fingerprint density at radius 2 is 1.83 bits per heavy atom. The van der Waals surface area contributed by atoms with Crippen LogP contribution in [0, 0.1) is 19.3 Å². The summed E-state index contributed by atoms with van der Waals surface area (Å²) in [6.45, 7) is 1.61. The van der Waals surface area contributed by atoms with E-state index in [1.807, 2.05) is 0 Å². The van der Waals surface area contributed by atoms with Gasteiger partial charge in [-0.2, -0.15) is 4.72 Å². The highest BCUT2D eigenvalue weighted by Crippen LogP contribution is 2.32. The topological polar surface area (TPSA) is 64.6 Å². The molecule has 1 rings (SSSR count). The van der Waals surface area contributed by atoms with E-state index in [1.54, 1.807) is 13.0 Å². The number of aryl methyl sites for hydroxylation is 1. The molecule has 1 aromatic rings. The number of methoxy groups -OCH3 is 2. The minimum Gasteiger partial charge on any atom is -0.493 e. The number of sulfonamides is 1. The van der Waals surface area contributed by atoms with E-state index in [0.717, 1.165) is 0 Å². The van der Waals surface area contributed by atoms with Crippen molar-refractivity contribution in [2.24, 2.45) is 0 Å². The zero-order chi connectivity index (χ0) is 13.8. The Morgan fingerprint density at radius 3 is 2.33 bits per heavy atom. The van der Waals surface area contributed by atoms with Gasteiger partial charge < -0.3 is 9.47 Å². The number of ether oxygens (including phenoxy) is 2. The lowest BCUT2D eigenvalue weighted by Gasteiger charge is -2.13. The van der Waals surface area contributed by atoms with E-state index >= 15 is 0 Å². The monoisotopic (exact) mass is 269 g/mol. The molecule has 0 unspecified atom stereocenters. The second-order valence-electron chi connectivity index (χ2n) is 3.50. The number of benzene rings is 1. The summed E-state index contributed by atoms with van der Waals surface area (Å²) in [5.74, 6) is 3.05. The molecule has 0 aliphatic rings. The minimum absolute atomic E-state index is 0.0594. The normalized spacial score (nSPS) is 10.8. The van der Waals surface area contributed by atoms with Crippen LogP contribution >= 0.6 is 0 Å². The van der Waals surface area contributed by atoms with Crippen LogP contribution in [0.25, 0.3) is 0 Å². The predicted octanol–water partition coefficient (Wildman–Crippen LogP) is 0.924. The van der Waals surface area contributed by atoms with E-state index in [-0.39, 0.29) is 11.4 Å². The van der Waals surface area contributed by atoms with Gasteiger partial charge in [0.1, 0.15) is 0 Å². The van der Waals surface area contributed by atoms with Crippen LogP contribution in [0.2, 0.25) is 0 Å². The fourth-order valence-electron chi connectivity index (χ4n) is 1.47. The second-order valence-corrected chi connectivity index (χ2v) is 5.24. The Hall–Kier alpha value is -1.71. The van der Waals surface area contributed by atoms with Crippen molar-refractivity contribution in [3.8, 4) is 23.8 Å². The maximum atomic E-state index is 12.0. The lowest BCUT2D eigenvalue weighted by atomic mass is 10.2. The van der Waals surface area contributed by atoms with Gasteiger partial charge in [-0.3, -0.25) is 0 Å². The summed E-state index contributed by atoms with van der Waals surface area (Å²) in [6, 6.07) is 3.01. The molecule has 0 radical (unpaired) electrons. The van der Waals surface area contributed by atoms with Crippen LogP contribution in [0.15, 0.2) is 17.0 Å². The van der Waals surface area contributed by atoms with Crippen molar-refractivity contribution in [2.45, 2.75) is 11.8 Å². The number of nitrogens with one attached hydrogen (secondary N) is 1. The summed E-state index contributed by atoms with van der Waals surface area (Å²) >= 11 is 0. The molecule has 18 heavy (non-hydrogen) atoms. The highest BCUT2D eigenvalue weighted by atomic mass is 32.2. The molecule has 0 spiro atoms. The summed E-state index contributed by atoms with van der Waals surface area (Å²) in [6.07, 6.45) is 5.03. The fraction of sp³-hybridized carbons (Fsp3) is 0.333. The first-order valence-corrected chi connectivity index (χ1v) is 6.60. The first-order chi connectivity index (χ1) is 8.46. The van der Waals surface area contributed by atoms with Gasteiger partial charge in [-0.25, -0.2) is 8.42 Å². The van der Waals surface area contributed by atoms with Crippen molar-refractivity contribution in [1.82, 2.24) is 4.72 Å². The molecule has 0 fully saturated rings. The third kappa shape index (κ3) is 2.94. The Morgan fingerprint density at radius 1 is 1.28 bits per heavy atom. The number of hydrogen-bond acceptors (Lipinski definition) is 4. The summed E-state index contributed by atoms with van der Waals surface area (Å²) in [4.78, 5) is 0.121. The van der Waals surface area contributed by atoms with Gasteiger partial charge in [-0.05, 0) is 18.6 Å². The van der Waals surface area contributed by atoms with Gasteiger partial charge in [-0.15, -0.1) is 6.42 Å². The summed E-state index contributed by atoms with van der Waals surface area (Å²) in [5, 5.41) is 0. The van der Waals surface area contributed by atoms with E-state index in [0.29, 0.717) is 17.1 Å². The van der Waals surface area contributed by atoms with Crippen LogP contribution in [0.1, 0.15) is 5.56 Å². The minimum atomic E-state index is -3.64. The Labute approximate surface area is 107 Å². The van der Waals surface area contributed by atoms with Gasteiger partial charge in [0.05, 0.1) is 25.7 Å². The molecule has 1 N–H and O–H groups in total. The summed E-state index contributed by atoms with van der Waals surface area (Å²) < 4.78 is 36.4. The number of rotatable bonds is 5. The average molecular weight is 269 g/mol. The molecule has 6 heteroatoms. The van der Waals surface area contributed by atoms with Crippen molar-refractivity contribution >= 4 is 10.0 Å². The van der Waals surface area contributed by atoms with Crippen LogP contribution < -0.4 is 14.2 Å². The molecule has 0 bridgehead atoms. The van der Waals surface area contributed by atoms with E-state index in [1.165, 1.54) is 20.3 Å². The van der Waals surface area contributed by atoms with Crippen molar-refractivity contribution in [2.75, 3.05) is 20.8 Å². The van der Waals surface area contributed by atoms with Crippen LogP contribution in [-0.2, 0) is 10.0 Å². The van der Waals surface area contributed by atoms with Gasteiger partial charge >= 0.3 is 0 Å². The molecule has 0 aliphatic carbocycles. The summed E-state index contributed by atoms with van der Waals surface area (Å²) in [7, 11) is -0.708. The van der Waals surface area contributed by atoms with Crippen LogP contribution in [0.5, 0.6) is 11.5 Å². The smallest absolute Gasteiger partial charge is 0.241 e. The van der Waals surface area contributed by atoms with E-state index in [9.17, 15) is 8.42 Å². The molecule has 0 atom stereocenters.